The van der Waals surface area contributed by atoms with Crippen LogP contribution in [0.25, 0.3) is 5.69 Å². The Hall–Kier alpha value is -2.84. The minimum Gasteiger partial charge on any atom is -0.300 e. The van der Waals surface area contributed by atoms with Gasteiger partial charge in [0, 0.05) is 24.4 Å². The van der Waals surface area contributed by atoms with Crippen LogP contribution in [0.4, 0.5) is 14.5 Å². The second kappa shape index (κ2) is 5.17. The van der Waals surface area contributed by atoms with Gasteiger partial charge in [-0.05, 0) is 13.8 Å². The zero-order valence-corrected chi connectivity index (χ0v) is 11.9. The van der Waals surface area contributed by atoms with Gasteiger partial charge in [0.2, 0.25) is 5.82 Å². The smallest absolute Gasteiger partial charge is 0.300 e. The summed E-state index contributed by atoms with van der Waals surface area (Å²) in [4.78, 5) is 33.8. The quantitative estimate of drug-likeness (QED) is 0.618. The molecule has 0 aliphatic rings. The summed E-state index contributed by atoms with van der Waals surface area (Å²) < 4.78 is 29.3. The molecule has 1 aromatic carbocycles. The lowest BCUT2D eigenvalue weighted by atomic mass is 10.2. The number of halogens is 2. The summed E-state index contributed by atoms with van der Waals surface area (Å²) in [6, 6.07) is 0.802. The Kier molecular flexibility index (Phi) is 3.65. The number of nitro groups is 1. The van der Waals surface area contributed by atoms with E-state index in [1.54, 1.807) is 0 Å². The van der Waals surface area contributed by atoms with Gasteiger partial charge in [-0.15, -0.1) is 0 Å². The molecule has 0 radical (unpaired) electrons. The van der Waals surface area contributed by atoms with Crippen LogP contribution in [-0.2, 0) is 7.05 Å². The van der Waals surface area contributed by atoms with Crippen LogP contribution in [0.2, 0.25) is 0 Å². The van der Waals surface area contributed by atoms with Crippen molar-refractivity contribution in [2.45, 2.75) is 13.8 Å². The lowest BCUT2D eigenvalue weighted by molar-refractivity contribution is -0.387. The molecule has 0 spiro atoms. The van der Waals surface area contributed by atoms with Gasteiger partial charge >= 0.3 is 11.4 Å². The number of nitro benzene ring substituents is 1. The fraction of sp³-hybridized carbons (Fsp3) is 0.231. The van der Waals surface area contributed by atoms with E-state index >= 15 is 0 Å². The maximum atomic E-state index is 14.0. The fourth-order valence-electron chi connectivity index (χ4n) is 2.00. The van der Waals surface area contributed by atoms with Crippen molar-refractivity contribution in [3.63, 3.8) is 0 Å². The SMILES string of the molecule is Cc1c(C)n(C)c(=O)n(-c2cc(F)c([N+](=O)[O-])cc2F)c1=O. The third kappa shape index (κ3) is 2.20. The predicted octanol–water partition coefficient (Wildman–Crippen LogP) is 1.34. The van der Waals surface area contributed by atoms with Gasteiger partial charge in [-0.1, -0.05) is 0 Å². The minimum absolute atomic E-state index is 0.181. The first-order valence-electron chi connectivity index (χ1n) is 6.09. The van der Waals surface area contributed by atoms with Gasteiger partial charge in [0.15, 0.2) is 5.82 Å². The largest absolute Gasteiger partial charge is 0.335 e. The van der Waals surface area contributed by atoms with E-state index in [9.17, 15) is 28.5 Å². The highest BCUT2D eigenvalue weighted by molar-refractivity contribution is 5.44. The first kappa shape index (κ1) is 15.5. The molecule has 1 heterocycles. The van der Waals surface area contributed by atoms with E-state index < -0.39 is 39.2 Å². The lowest BCUT2D eigenvalue weighted by Gasteiger charge is -2.12. The first-order chi connectivity index (χ1) is 10.2. The van der Waals surface area contributed by atoms with Crippen molar-refractivity contribution >= 4 is 5.69 Å². The molecule has 116 valence electrons. The Morgan fingerprint density at radius 1 is 1.14 bits per heavy atom. The molecule has 0 atom stereocenters. The van der Waals surface area contributed by atoms with E-state index in [-0.39, 0.29) is 5.56 Å². The minimum atomic E-state index is -1.34. The Bertz CT molecular complexity index is 878. The van der Waals surface area contributed by atoms with Crippen molar-refractivity contribution in [1.29, 1.82) is 0 Å². The van der Waals surface area contributed by atoms with Crippen LogP contribution < -0.4 is 11.2 Å². The van der Waals surface area contributed by atoms with Gasteiger partial charge in [0.05, 0.1) is 16.7 Å². The van der Waals surface area contributed by atoms with Crippen LogP contribution in [0, 0.1) is 35.6 Å². The molecule has 0 aliphatic carbocycles. The molecule has 0 saturated carbocycles. The van der Waals surface area contributed by atoms with Gasteiger partial charge < -0.3 is 4.57 Å². The van der Waals surface area contributed by atoms with E-state index in [1.165, 1.54) is 20.9 Å². The molecule has 0 bridgehead atoms. The highest BCUT2D eigenvalue weighted by atomic mass is 19.1. The monoisotopic (exact) mass is 311 g/mol. The lowest BCUT2D eigenvalue weighted by Crippen LogP contribution is -2.40. The number of nitrogens with zero attached hydrogens (tertiary/aromatic N) is 3. The summed E-state index contributed by atoms with van der Waals surface area (Å²) in [5, 5.41) is 10.6. The molecule has 2 rings (SSSR count). The summed E-state index contributed by atoms with van der Waals surface area (Å²) in [6.07, 6.45) is 0. The van der Waals surface area contributed by atoms with Crippen LogP contribution in [0.3, 0.4) is 0 Å². The Labute approximate surface area is 122 Å². The molecule has 0 amide bonds. The highest BCUT2D eigenvalue weighted by Gasteiger charge is 2.22. The molecule has 1 aromatic heterocycles. The summed E-state index contributed by atoms with van der Waals surface area (Å²) >= 11 is 0. The van der Waals surface area contributed by atoms with Gasteiger partial charge in [-0.3, -0.25) is 14.9 Å². The number of aromatic nitrogens is 2. The van der Waals surface area contributed by atoms with Crippen LogP contribution >= 0.6 is 0 Å². The van der Waals surface area contributed by atoms with Gasteiger partial charge in [-0.25, -0.2) is 13.8 Å². The van der Waals surface area contributed by atoms with E-state index in [0.717, 1.165) is 4.57 Å². The van der Waals surface area contributed by atoms with Crippen LogP contribution in [0.15, 0.2) is 21.7 Å². The molecular formula is C13H11F2N3O4. The molecule has 0 saturated heterocycles. The maximum Gasteiger partial charge on any atom is 0.335 e. The molecule has 9 heteroatoms. The van der Waals surface area contributed by atoms with E-state index in [0.29, 0.717) is 22.4 Å². The molecule has 7 nitrogen and oxygen atoms in total. The topological polar surface area (TPSA) is 87.1 Å². The van der Waals surface area contributed by atoms with Crippen molar-refractivity contribution in [3.05, 3.63) is 66.0 Å². The Morgan fingerprint density at radius 2 is 1.73 bits per heavy atom. The number of hydrogen-bond acceptors (Lipinski definition) is 4. The normalized spacial score (nSPS) is 10.8. The number of hydrogen-bond donors (Lipinski definition) is 0. The van der Waals surface area contributed by atoms with Crippen LogP contribution in [-0.4, -0.2) is 14.1 Å². The van der Waals surface area contributed by atoms with Crippen molar-refractivity contribution < 1.29 is 13.7 Å². The maximum absolute atomic E-state index is 14.0. The predicted molar refractivity (Wildman–Crippen MR) is 73.3 cm³/mol. The van der Waals surface area contributed by atoms with E-state index in [1.807, 2.05) is 0 Å². The summed E-state index contributed by atoms with van der Waals surface area (Å²) in [5.74, 6) is -2.58. The van der Waals surface area contributed by atoms with Crippen LogP contribution in [0.1, 0.15) is 11.3 Å². The molecular weight excluding hydrogens is 300 g/mol. The molecule has 0 fully saturated rings. The third-order valence-corrected chi connectivity index (χ3v) is 3.50. The van der Waals surface area contributed by atoms with Crippen molar-refractivity contribution in [2.24, 2.45) is 7.05 Å². The third-order valence-electron chi connectivity index (χ3n) is 3.50. The highest BCUT2D eigenvalue weighted by Crippen LogP contribution is 2.22. The number of rotatable bonds is 2. The second-order valence-corrected chi connectivity index (χ2v) is 4.70. The standard InChI is InChI=1S/C13H11F2N3O4/c1-6-7(2)16(3)13(20)17(12(6)19)10-4-9(15)11(18(21)22)5-8(10)14/h4-5H,1-3H3. The molecule has 22 heavy (non-hydrogen) atoms. The zero-order valence-electron chi connectivity index (χ0n) is 11.9. The molecule has 0 N–H and O–H groups in total. The van der Waals surface area contributed by atoms with E-state index in [2.05, 4.69) is 0 Å². The summed E-state index contributed by atoms with van der Waals surface area (Å²) in [6.45, 7) is 2.97. The van der Waals surface area contributed by atoms with Crippen molar-refractivity contribution in [1.82, 2.24) is 9.13 Å². The van der Waals surface area contributed by atoms with Crippen LogP contribution in [0.5, 0.6) is 0 Å². The van der Waals surface area contributed by atoms with Gasteiger partial charge in [0.25, 0.3) is 5.56 Å². The van der Waals surface area contributed by atoms with E-state index in [4.69, 9.17) is 0 Å². The average molecular weight is 311 g/mol. The zero-order chi connectivity index (χ0) is 16.8. The summed E-state index contributed by atoms with van der Waals surface area (Å²) in [5.41, 5.74) is -2.87. The molecule has 2 aromatic rings. The second-order valence-electron chi connectivity index (χ2n) is 4.70. The average Bonchev–Trinajstić information content (AvgIpc) is 2.46. The molecule has 0 aliphatic heterocycles. The first-order valence-corrected chi connectivity index (χ1v) is 6.09. The fourth-order valence-corrected chi connectivity index (χ4v) is 2.00. The Morgan fingerprint density at radius 3 is 2.27 bits per heavy atom. The molecule has 0 unspecified atom stereocenters. The Balaban J connectivity index is 2.91. The number of benzene rings is 1. The van der Waals surface area contributed by atoms with Gasteiger partial charge in [-0.2, -0.15) is 4.39 Å². The van der Waals surface area contributed by atoms with Crippen molar-refractivity contribution in [3.8, 4) is 5.69 Å². The van der Waals surface area contributed by atoms with Crippen molar-refractivity contribution in [2.75, 3.05) is 0 Å². The van der Waals surface area contributed by atoms with Gasteiger partial charge in [0.1, 0.15) is 0 Å². The summed E-state index contributed by atoms with van der Waals surface area (Å²) in [7, 11) is 1.38.